The van der Waals surface area contributed by atoms with Crippen molar-refractivity contribution in [3.8, 4) is 0 Å². The van der Waals surface area contributed by atoms with Gasteiger partial charge in [0.15, 0.2) is 12.4 Å². The molecule has 0 aromatic heterocycles. The van der Waals surface area contributed by atoms with Crippen LogP contribution in [0.2, 0.25) is 0 Å². The average molecular weight is 563 g/mol. The van der Waals surface area contributed by atoms with Crippen LogP contribution in [0.25, 0.3) is 0 Å². The molecule has 35 heavy (non-hydrogen) atoms. The van der Waals surface area contributed by atoms with Crippen molar-refractivity contribution in [3.05, 3.63) is 0 Å². The van der Waals surface area contributed by atoms with Crippen LogP contribution in [0.1, 0.15) is 6.42 Å². The molecule has 1 saturated heterocycles. The summed E-state index contributed by atoms with van der Waals surface area (Å²) in [5.41, 5.74) is -5.54. The Morgan fingerprint density at radius 1 is 0.771 bits per heavy atom. The molecular formula is C15H14F17NO2. The highest BCUT2D eigenvalue weighted by molar-refractivity contribution is 4.98. The van der Waals surface area contributed by atoms with Gasteiger partial charge in [-0.05, 0) is 0 Å². The quantitative estimate of drug-likeness (QED) is 0.280. The minimum absolute atomic E-state index is 0.694. The van der Waals surface area contributed by atoms with Gasteiger partial charge in [0.1, 0.15) is 6.61 Å². The van der Waals surface area contributed by atoms with Crippen molar-refractivity contribution in [3.63, 3.8) is 0 Å². The maximum atomic E-state index is 14.6. The molecule has 210 valence electrons. The molecule has 0 amide bonds. The van der Waals surface area contributed by atoms with Gasteiger partial charge in [0.25, 0.3) is 11.8 Å². The minimum Gasteiger partial charge on any atom is -0.371 e. The van der Waals surface area contributed by atoms with Crippen LogP contribution in [0.15, 0.2) is 0 Å². The van der Waals surface area contributed by atoms with Gasteiger partial charge in [-0.3, -0.25) is 4.90 Å². The lowest BCUT2D eigenvalue weighted by Gasteiger charge is -2.43. The molecule has 1 aliphatic rings. The first-order valence-corrected chi connectivity index (χ1v) is 8.90. The fourth-order valence-corrected chi connectivity index (χ4v) is 2.83. The number of morpholine rings is 1. The van der Waals surface area contributed by atoms with Crippen LogP contribution < -0.4 is 0 Å². The van der Waals surface area contributed by atoms with Crippen LogP contribution in [0.4, 0.5) is 74.6 Å². The Bertz CT molecular complexity index is 687. The zero-order valence-corrected chi connectivity index (χ0v) is 16.5. The lowest BCUT2D eigenvalue weighted by Crippen LogP contribution is -2.64. The zero-order chi connectivity index (χ0) is 27.8. The van der Waals surface area contributed by atoms with Gasteiger partial charge in [-0.1, -0.05) is 0 Å². The van der Waals surface area contributed by atoms with Crippen molar-refractivity contribution < 1.29 is 84.1 Å². The first-order chi connectivity index (χ1) is 15.3. The average Bonchev–Trinajstić information content (AvgIpc) is 2.62. The highest BCUT2D eigenvalue weighted by atomic mass is 19.4. The van der Waals surface area contributed by atoms with Crippen LogP contribution in [-0.2, 0) is 9.47 Å². The fraction of sp³-hybridized carbons (Fsp3) is 1.00. The second-order valence-electron chi connectivity index (χ2n) is 7.42. The maximum absolute atomic E-state index is 14.6. The first kappa shape index (κ1) is 31.7. The monoisotopic (exact) mass is 563 g/mol. The third kappa shape index (κ3) is 8.36. The topological polar surface area (TPSA) is 21.7 Å². The number of hydrogen-bond acceptors (Lipinski definition) is 3. The Morgan fingerprint density at radius 3 is 1.69 bits per heavy atom. The summed E-state index contributed by atoms with van der Waals surface area (Å²) in [5, 5.41) is 0. The molecule has 0 N–H and O–H groups in total. The van der Waals surface area contributed by atoms with Gasteiger partial charge >= 0.3 is 30.6 Å². The predicted octanol–water partition coefficient (Wildman–Crippen LogP) is 5.69. The standard InChI is InChI=1S/C15H14F17NO2/c16-8(14(27,28)29)11(19,20)5-34-4-10(18,15(30,31)32)9(17)33-2-6(1-12(21,22)23)35-7(3-33)13(24,25)26/h6-9H,1-5H2. The number of ether oxygens (including phenoxy) is 2. The van der Waals surface area contributed by atoms with Crippen LogP contribution in [0, 0.1) is 0 Å². The summed E-state index contributed by atoms with van der Waals surface area (Å²) >= 11 is 0. The van der Waals surface area contributed by atoms with Crippen LogP contribution in [0.5, 0.6) is 0 Å². The van der Waals surface area contributed by atoms with Crippen molar-refractivity contribution in [2.45, 2.75) is 67.4 Å². The molecule has 0 bridgehead atoms. The van der Waals surface area contributed by atoms with Crippen LogP contribution in [0.3, 0.4) is 0 Å². The lowest BCUT2D eigenvalue weighted by molar-refractivity contribution is -0.311. The summed E-state index contributed by atoms with van der Waals surface area (Å²) in [6.45, 7) is -9.44. The molecule has 0 aromatic carbocycles. The summed E-state index contributed by atoms with van der Waals surface area (Å²) in [6, 6.07) is 0. The predicted molar refractivity (Wildman–Crippen MR) is 78.5 cm³/mol. The summed E-state index contributed by atoms with van der Waals surface area (Å²) in [7, 11) is 0. The highest BCUT2D eigenvalue weighted by Gasteiger charge is 2.65. The normalized spacial score (nSPS) is 25.3. The number of rotatable bonds is 8. The molecule has 5 unspecified atom stereocenters. The van der Waals surface area contributed by atoms with E-state index in [2.05, 4.69) is 9.47 Å². The number of nitrogens with zero attached hydrogens (tertiary/aromatic N) is 1. The van der Waals surface area contributed by atoms with E-state index in [9.17, 15) is 74.6 Å². The zero-order valence-electron chi connectivity index (χ0n) is 16.5. The van der Waals surface area contributed by atoms with E-state index in [-0.39, 0.29) is 0 Å². The molecule has 1 fully saturated rings. The molecule has 1 aliphatic heterocycles. The van der Waals surface area contributed by atoms with Gasteiger partial charge in [-0.2, -0.15) is 52.7 Å². The van der Waals surface area contributed by atoms with E-state index < -0.39 is 98.6 Å². The second-order valence-corrected chi connectivity index (χ2v) is 7.42. The SMILES string of the molecule is FC(C(F)(F)F)C(F)(F)COCC(F)(C(F)N1CC(CC(F)(F)F)OC(C(F)(F)F)C1)C(F)(F)F. The fourth-order valence-electron chi connectivity index (χ4n) is 2.83. The van der Waals surface area contributed by atoms with Crippen molar-refractivity contribution in [1.82, 2.24) is 4.90 Å². The van der Waals surface area contributed by atoms with Crippen molar-refractivity contribution >= 4 is 0 Å². The van der Waals surface area contributed by atoms with Gasteiger partial charge in [-0.25, -0.2) is 22.0 Å². The summed E-state index contributed by atoms with van der Waals surface area (Å²) in [4.78, 5) is -0.694. The molecule has 1 heterocycles. The van der Waals surface area contributed by atoms with Gasteiger partial charge in [0.05, 0.1) is 19.1 Å². The Kier molecular flexibility index (Phi) is 9.26. The molecule has 0 spiro atoms. The van der Waals surface area contributed by atoms with E-state index in [0.29, 0.717) is 0 Å². The Morgan fingerprint density at radius 2 is 1.29 bits per heavy atom. The first-order valence-electron chi connectivity index (χ1n) is 8.90. The molecule has 20 heteroatoms. The van der Waals surface area contributed by atoms with Crippen molar-refractivity contribution in [1.29, 1.82) is 0 Å². The molecule has 1 rings (SSSR count). The number of alkyl halides is 17. The summed E-state index contributed by atoms with van der Waals surface area (Å²) < 4.78 is 228. The Hall–Kier alpha value is -1.31. The summed E-state index contributed by atoms with van der Waals surface area (Å²) in [5.74, 6) is -5.59. The Balaban J connectivity index is 3.15. The molecule has 0 saturated carbocycles. The molecule has 0 aromatic rings. The van der Waals surface area contributed by atoms with Crippen molar-refractivity contribution in [2.75, 3.05) is 26.3 Å². The number of halogens is 17. The minimum atomic E-state index is -6.49. The van der Waals surface area contributed by atoms with Gasteiger partial charge < -0.3 is 9.47 Å². The second kappa shape index (κ2) is 10.2. The van der Waals surface area contributed by atoms with E-state index in [1.54, 1.807) is 0 Å². The largest absolute Gasteiger partial charge is 0.429 e. The molecule has 3 nitrogen and oxygen atoms in total. The van der Waals surface area contributed by atoms with Gasteiger partial charge in [0, 0.05) is 13.1 Å². The van der Waals surface area contributed by atoms with Crippen LogP contribution in [-0.4, -0.2) is 92.2 Å². The third-order valence-corrected chi connectivity index (χ3v) is 4.45. The Labute approximate surface area is 184 Å². The molecule has 0 radical (unpaired) electrons. The van der Waals surface area contributed by atoms with Crippen molar-refractivity contribution in [2.24, 2.45) is 0 Å². The maximum Gasteiger partial charge on any atom is 0.429 e. The molecular weight excluding hydrogens is 549 g/mol. The van der Waals surface area contributed by atoms with E-state index in [0.717, 1.165) is 0 Å². The van der Waals surface area contributed by atoms with Gasteiger partial charge in [0.2, 0.25) is 0 Å². The van der Waals surface area contributed by atoms with E-state index in [1.165, 1.54) is 0 Å². The summed E-state index contributed by atoms with van der Waals surface area (Å²) in [6.07, 6.45) is -41.1. The van der Waals surface area contributed by atoms with E-state index in [1.807, 2.05) is 0 Å². The number of hydrogen-bond donors (Lipinski definition) is 0. The van der Waals surface area contributed by atoms with Gasteiger partial charge in [-0.15, -0.1) is 0 Å². The van der Waals surface area contributed by atoms with Crippen LogP contribution >= 0.6 is 0 Å². The van der Waals surface area contributed by atoms with E-state index >= 15 is 0 Å². The lowest BCUT2D eigenvalue weighted by atomic mass is 10.0. The molecule has 5 atom stereocenters. The third-order valence-electron chi connectivity index (χ3n) is 4.45. The molecule has 0 aliphatic carbocycles. The van der Waals surface area contributed by atoms with E-state index in [4.69, 9.17) is 0 Å². The highest BCUT2D eigenvalue weighted by Crippen LogP contribution is 2.43. The smallest absolute Gasteiger partial charge is 0.371 e.